The summed E-state index contributed by atoms with van der Waals surface area (Å²) in [6.07, 6.45) is 3.19. The highest BCUT2D eigenvalue weighted by atomic mass is 16.5. The van der Waals surface area contributed by atoms with E-state index in [0.29, 0.717) is 13.0 Å². The van der Waals surface area contributed by atoms with Crippen molar-refractivity contribution >= 4 is 5.91 Å². The van der Waals surface area contributed by atoms with Gasteiger partial charge in [0.1, 0.15) is 5.75 Å². The second kappa shape index (κ2) is 6.94. The van der Waals surface area contributed by atoms with Crippen LogP contribution in [0.4, 0.5) is 0 Å². The molecule has 3 N–H and O–H groups in total. The molecule has 4 nitrogen and oxygen atoms in total. The summed E-state index contributed by atoms with van der Waals surface area (Å²) in [6.45, 7) is 6.73. The minimum atomic E-state index is -0.0738. The van der Waals surface area contributed by atoms with Crippen LogP contribution in [0.1, 0.15) is 68.8 Å². The van der Waals surface area contributed by atoms with Gasteiger partial charge in [-0.15, -0.1) is 0 Å². The number of benzene rings is 1. The van der Waals surface area contributed by atoms with Gasteiger partial charge >= 0.3 is 0 Å². The van der Waals surface area contributed by atoms with Crippen molar-refractivity contribution in [2.24, 2.45) is 5.73 Å². The number of aryl methyl sites for hydroxylation is 1. The van der Waals surface area contributed by atoms with Crippen LogP contribution in [0, 0.1) is 0 Å². The van der Waals surface area contributed by atoms with Crippen molar-refractivity contribution in [2.75, 3.05) is 6.61 Å². The molecule has 0 radical (unpaired) electrons. The van der Waals surface area contributed by atoms with E-state index >= 15 is 0 Å². The molecule has 2 rings (SSSR count). The summed E-state index contributed by atoms with van der Waals surface area (Å²) in [7, 11) is 0. The fourth-order valence-corrected chi connectivity index (χ4v) is 2.78. The van der Waals surface area contributed by atoms with E-state index in [1.54, 1.807) is 0 Å². The fraction of sp³-hybridized carbons (Fsp3) is 0.588. The summed E-state index contributed by atoms with van der Waals surface area (Å²) in [4.78, 5) is 11.9. The minimum Gasteiger partial charge on any atom is -0.493 e. The lowest BCUT2D eigenvalue weighted by Crippen LogP contribution is -2.32. The van der Waals surface area contributed by atoms with E-state index in [4.69, 9.17) is 10.5 Å². The van der Waals surface area contributed by atoms with Crippen LogP contribution in [-0.4, -0.2) is 12.5 Å². The molecule has 0 saturated heterocycles. The lowest BCUT2D eigenvalue weighted by atomic mass is 9.92. The van der Waals surface area contributed by atoms with Crippen LogP contribution in [0.15, 0.2) is 12.1 Å². The number of ether oxygens (including phenoxy) is 1. The van der Waals surface area contributed by atoms with Gasteiger partial charge in [0.05, 0.1) is 12.6 Å². The Hall–Kier alpha value is -1.55. The highest BCUT2D eigenvalue weighted by molar-refractivity contribution is 5.76. The van der Waals surface area contributed by atoms with Gasteiger partial charge in [-0.1, -0.05) is 26.0 Å². The molecule has 1 aliphatic rings. The van der Waals surface area contributed by atoms with Crippen LogP contribution in [0.25, 0.3) is 0 Å². The lowest BCUT2D eigenvalue weighted by molar-refractivity contribution is -0.122. The quantitative estimate of drug-likeness (QED) is 0.876. The topological polar surface area (TPSA) is 64.3 Å². The number of hydrogen-bond donors (Lipinski definition) is 2. The van der Waals surface area contributed by atoms with Crippen molar-refractivity contribution in [3.05, 3.63) is 28.8 Å². The maximum absolute atomic E-state index is 11.9. The lowest BCUT2D eigenvalue weighted by Gasteiger charge is -2.30. The van der Waals surface area contributed by atoms with Gasteiger partial charge in [0.15, 0.2) is 0 Å². The Labute approximate surface area is 127 Å². The summed E-state index contributed by atoms with van der Waals surface area (Å²) in [6, 6.07) is 4.24. The molecule has 0 aromatic heterocycles. The van der Waals surface area contributed by atoms with Gasteiger partial charge in [0.25, 0.3) is 0 Å². The summed E-state index contributed by atoms with van der Waals surface area (Å²) < 4.78 is 5.86. The number of amides is 1. The zero-order valence-corrected chi connectivity index (χ0v) is 13.2. The molecule has 21 heavy (non-hydrogen) atoms. The van der Waals surface area contributed by atoms with Gasteiger partial charge in [0, 0.05) is 30.0 Å². The van der Waals surface area contributed by atoms with Gasteiger partial charge in [-0.2, -0.15) is 0 Å². The molecule has 0 bridgehead atoms. The van der Waals surface area contributed by atoms with Gasteiger partial charge in [-0.3, -0.25) is 4.79 Å². The number of nitrogens with one attached hydrogen (secondary N) is 1. The number of nitrogens with two attached hydrogens (primary N) is 1. The largest absolute Gasteiger partial charge is 0.493 e. The van der Waals surface area contributed by atoms with Crippen LogP contribution in [0.3, 0.4) is 0 Å². The Bertz CT molecular complexity index is 512. The monoisotopic (exact) mass is 290 g/mol. The van der Waals surface area contributed by atoms with Crippen molar-refractivity contribution in [1.29, 1.82) is 0 Å². The molecular formula is C17H26N2O2. The Morgan fingerprint density at radius 3 is 2.86 bits per heavy atom. The van der Waals surface area contributed by atoms with E-state index < -0.39 is 0 Å². The maximum Gasteiger partial charge on any atom is 0.220 e. The van der Waals surface area contributed by atoms with Crippen LogP contribution in [0.5, 0.6) is 5.75 Å². The fourth-order valence-electron chi connectivity index (χ4n) is 2.78. The summed E-state index contributed by atoms with van der Waals surface area (Å²) in [5.74, 6) is 0.981. The van der Waals surface area contributed by atoms with E-state index in [2.05, 4.69) is 24.4 Å². The second-order valence-corrected chi connectivity index (χ2v) is 5.75. The predicted molar refractivity (Wildman–Crippen MR) is 84.3 cm³/mol. The molecule has 4 heteroatoms. The molecule has 1 aromatic carbocycles. The minimum absolute atomic E-state index is 0.0387. The SMILES string of the molecule is CCCC(=O)NC1CCOc2c(C(C)N)cc(CC)cc21. The highest BCUT2D eigenvalue weighted by Gasteiger charge is 2.26. The standard InChI is InChI=1S/C17H26N2O2/c1-4-6-16(20)19-15-7-8-21-17-13(11(3)18)9-12(5-2)10-14(15)17/h9-11,15H,4-8,18H2,1-3H3,(H,19,20). The Morgan fingerprint density at radius 1 is 1.48 bits per heavy atom. The molecular weight excluding hydrogens is 264 g/mol. The number of carbonyl (C=O) groups is 1. The van der Waals surface area contributed by atoms with E-state index in [9.17, 15) is 4.79 Å². The van der Waals surface area contributed by atoms with E-state index in [1.165, 1.54) is 5.56 Å². The Morgan fingerprint density at radius 2 is 2.24 bits per heavy atom. The molecule has 2 unspecified atom stereocenters. The molecule has 1 aliphatic heterocycles. The summed E-state index contributed by atoms with van der Waals surface area (Å²) >= 11 is 0. The first kappa shape index (κ1) is 15.8. The molecule has 1 heterocycles. The van der Waals surface area contributed by atoms with Crippen LogP contribution in [-0.2, 0) is 11.2 Å². The third-order valence-corrected chi connectivity index (χ3v) is 3.95. The Balaban J connectivity index is 2.36. The smallest absolute Gasteiger partial charge is 0.220 e. The molecule has 0 aliphatic carbocycles. The van der Waals surface area contributed by atoms with Gasteiger partial charge < -0.3 is 15.8 Å². The highest BCUT2D eigenvalue weighted by Crippen LogP contribution is 2.38. The van der Waals surface area contributed by atoms with Crippen molar-refractivity contribution in [1.82, 2.24) is 5.32 Å². The third kappa shape index (κ3) is 3.56. The van der Waals surface area contributed by atoms with E-state index in [0.717, 1.165) is 36.1 Å². The maximum atomic E-state index is 11.9. The first-order chi connectivity index (χ1) is 10.1. The molecule has 2 atom stereocenters. The molecule has 1 amide bonds. The normalized spacial score (nSPS) is 18.6. The van der Waals surface area contributed by atoms with Crippen molar-refractivity contribution in [3.8, 4) is 5.75 Å². The van der Waals surface area contributed by atoms with Crippen LogP contribution < -0.4 is 15.8 Å². The van der Waals surface area contributed by atoms with Crippen LogP contribution >= 0.6 is 0 Å². The summed E-state index contributed by atoms with van der Waals surface area (Å²) in [5.41, 5.74) is 9.45. The molecule has 1 aromatic rings. The van der Waals surface area contributed by atoms with Crippen molar-refractivity contribution in [2.45, 2.75) is 58.5 Å². The Kier molecular flexibility index (Phi) is 5.23. The predicted octanol–water partition coefficient (Wildman–Crippen LogP) is 3.01. The van der Waals surface area contributed by atoms with E-state index in [-0.39, 0.29) is 18.0 Å². The van der Waals surface area contributed by atoms with Gasteiger partial charge in [0.2, 0.25) is 5.91 Å². The molecule has 0 saturated carbocycles. The average Bonchev–Trinajstić information content (AvgIpc) is 2.46. The number of fused-ring (bicyclic) bond motifs is 1. The van der Waals surface area contributed by atoms with E-state index in [1.807, 2.05) is 13.8 Å². The molecule has 0 fully saturated rings. The number of rotatable bonds is 5. The third-order valence-electron chi connectivity index (χ3n) is 3.95. The van der Waals surface area contributed by atoms with Crippen LogP contribution in [0.2, 0.25) is 0 Å². The second-order valence-electron chi connectivity index (χ2n) is 5.75. The number of carbonyl (C=O) groups excluding carboxylic acids is 1. The molecule has 0 spiro atoms. The first-order valence-corrected chi connectivity index (χ1v) is 7.91. The average molecular weight is 290 g/mol. The zero-order chi connectivity index (χ0) is 15.4. The van der Waals surface area contributed by atoms with Crippen molar-refractivity contribution in [3.63, 3.8) is 0 Å². The first-order valence-electron chi connectivity index (χ1n) is 7.91. The zero-order valence-electron chi connectivity index (χ0n) is 13.2. The van der Waals surface area contributed by atoms with Crippen molar-refractivity contribution < 1.29 is 9.53 Å². The number of hydrogen-bond acceptors (Lipinski definition) is 3. The molecule has 116 valence electrons. The van der Waals surface area contributed by atoms with Gasteiger partial charge in [-0.05, 0) is 25.3 Å². The summed E-state index contributed by atoms with van der Waals surface area (Å²) in [5, 5.41) is 3.13. The van der Waals surface area contributed by atoms with Gasteiger partial charge in [-0.25, -0.2) is 0 Å².